The van der Waals surface area contributed by atoms with Crippen LogP contribution in [-0.2, 0) is 0 Å². The van der Waals surface area contributed by atoms with Crippen LogP contribution >= 0.6 is 0 Å². The maximum Gasteiger partial charge on any atom is 0.269 e. The first-order chi connectivity index (χ1) is 9.29. The van der Waals surface area contributed by atoms with Crippen molar-refractivity contribution < 1.29 is 4.79 Å². The second-order valence-electron chi connectivity index (χ2n) is 5.20. The van der Waals surface area contributed by atoms with E-state index >= 15 is 0 Å². The molecule has 1 amide bonds. The van der Waals surface area contributed by atoms with Gasteiger partial charge >= 0.3 is 0 Å². The zero-order valence-corrected chi connectivity index (χ0v) is 11.6. The summed E-state index contributed by atoms with van der Waals surface area (Å²) in [5.74, 6) is -0.138. The van der Waals surface area contributed by atoms with Crippen LogP contribution in [0.4, 0.5) is 5.69 Å². The van der Waals surface area contributed by atoms with Crippen LogP contribution in [-0.4, -0.2) is 24.0 Å². The van der Waals surface area contributed by atoms with E-state index in [0.717, 1.165) is 5.69 Å². The molecule has 0 bridgehead atoms. The zero-order valence-electron chi connectivity index (χ0n) is 11.6. The van der Waals surface area contributed by atoms with Crippen LogP contribution in [0.2, 0.25) is 0 Å². The Morgan fingerprint density at radius 1 is 1.21 bits per heavy atom. The summed E-state index contributed by atoms with van der Waals surface area (Å²) in [7, 11) is 1.62. The minimum absolute atomic E-state index is 0.138. The van der Waals surface area contributed by atoms with Crippen LogP contribution in [0.15, 0.2) is 18.3 Å². The molecule has 1 fully saturated rings. The number of amides is 1. The SMILES string of the molecule is CNC(=O)c1cc(NC2CCCCCCC2)ccn1. The summed E-state index contributed by atoms with van der Waals surface area (Å²) in [5.41, 5.74) is 1.47. The van der Waals surface area contributed by atoms with Crippen LogP contribution in [0.25, 0.3) is 0 Å². The van der Waals surface area contributed by atoms with Crippen LogP contribution in [0.1, 0.15) is 55.4 Å². The molecule has 0 aliphatic heterocycles. The first kappa shape index (κ1) is 13.8. The lowest BCUT2D eigenvalue weighted by Crippen LogP contribution is -2.22. The molecular formula is C15H23N3O. The Hall–Kier alpha value is -1.58. The third kappa shape index (κ3) is 4.23. The molecule has 0 atom stereocenters. The Balaban J connectivity index is 1.99. The van der Waals surface area contributed by atoms with Gasteiger partial charge in [-0.1, -0.05) is 32.1 Å². The minimum atomic E-state index is -0.138. The van der Waals surface area contributed by atoms with Gasteiger partial charge in [-0.2, -0.15) is 0 Å². The van der Waals surface area contributed by atoms with Crippen LogP contribution < -0.4 is 10.6 Å². The van der Waals surface area contributed by atoms with Crippen LogP contribution in [0, 0.1) is 0 Å². The molecule has 0 saturated heterocycles. The first-order valence-corrected chi connectivity index (χ1v) is 7.24. The summed E-state index contributed by atoms with van der Waals surface area (Å²) in [6.07, 6.45) is 10.8. The van der Waals surface area contributed by atoms with E-state index < -0.39 is 0 Å². The van der Waals surface area contributed by atoms with E-state index in [0.29, 0.717) is 11.7 Å². The average Bonchev–Trinajstić information content (AvgIpc) is 2.41. The molecule has 104 valence electrons. The number of hydrogen-bond acceptors (Lipinski definition) is 3. The summed E-state index contributed by atoms with van der Waals surface area (Å²) < 4.78 is 0. The Morgan fingerprint density at radius 2 is 1.89 bits per heavy atom. The maximum absolute atomic E-state index is 11.6. The van der Waals surface area contributed by atoms with E-state index in [-0.39, 0.29) is 5.91 Å². The van der Waals surface area contributed by atoms with Gasteiger partial charge in [-0.15, -0.1) is 0 Å². The van der Waals surface area contributed by atoms with Crippen molar-refractivity contribution in [3.8, 4) is 0 Å². The second-order valence-corrected chi connectivity index (χ2v) is 5.20. The molecule has 19 heavy (non-hydrogen) atoms. The summed E-state index contributed by atoms with van der Waals surface area (Å²) in [6.45, 7) is 0. The van der Waals surface area contributed by atoms with E-state index in [4.69, 9.17) is 0 Å². The van der Waals surface area contributed by atoms with E-state index in [1.54, 1.807) is 13.2 Å². The lowest BCUT2D eigenvalue weighted by Gasteiger charge is -2.22. The Bertz CT molecular complexity index is 412. The van der Waals surface area contributed by atoms with E-state index in [1.165, 1.54) is 44.9 Å². The molecule has 1 aliphatic carbocycles. The van der Waals surface area contributed by atoms with Gasteiger partial charge in [0.25, 0.3) is 5.91 Å². The lowest BCUT2D eigenvalue weighted by atomic mass is 9.96. The molecule has 0 unspecified atom stereocenters. The molecule has 0 spiro atoms. The van der Waals surface area contributed by atoms with E-state index in [2.05, 4.69) is 15.6 Å². The second kappa shape index (κ2) is 7.12. The number of nitrogens with one attached hydrogen (secondary N) is 2. The number of aromatic nitrogens is 1. The minimum Gasteiger partial charge on any atom is -0.382 e. The third-order valence-electron chi connectivity index (χ3n) is 3.70. The predicted molar refractivity (Wildman–Crippen MR) is 77.4 cm³/mol. The van der Waals surface area contributed by atoms with Crippen LogP contribution in [0.5, 0.6) is 0 Å². The Morgan fingerprint density at radius 3 is 2.58 bits per heavy atom. The number of pyridine rings is 1. The number of anilines is 1. The van der Waals surface area contributed by atoms with Gasteiger partial charge in [-0.05, 0) is 25.0 Å². The summed E-state index contributed by atoms with van der Waals surface area (Å²) in [5, 5.41) is 6.15. The van der Waals surface area contributed by atoms with E-state index in [9.17, 15) is 4.79 Å². The van der Waals surface area contributed by atoms with Gasteiger partial charge in [0.15, 0.2) is 0 Å². The van der Waals surface area contributed by atoms with E-state index in [1.807, 2.05) is 12.1 Å². The molecular weight excluding hydrogens is 238 g/mol. The molecule has 2 rings (SSSR count). The van der Waals surface area contributed by atoms with Crippen molar-refractivity contribution in [1.29, 1.82) is 0 Å². The molecule has 1 saturated carbocycles. The lowest BCUT2D eigenvalue weighted by molar-refractivity contribution is 0.0958. The van der Waals surface area contributed by atoms with Crippen molar-refractivity contribution in [3.63, 3.8) is 0 Å². The number of rotatable bonds is 3. The molecule has 4 nitrogen and oxygen atoms in total. The van der Waals surface area contributed by atoms with Crippen molar-refractivity contribution in [2.75, 3.05) is 12.4 Å². The smallest absolute Gasteiger partial charge is 0.269 e. The van der Waals surface area contributed by atoms with Crippen molar-refractivity contribution in [2.45, 2.75) is 51.0 Å². The summed E-state index contributed by atoms with van der Waals surface area (Å²) in [6, 6.07) is 4.29. The molecule has 2 N–H and O–H groups in total. The fourth-order valence-electron chi connectivity index (χ4n) is 2.61. The third-order valence-corrected chi connectivity index (χ3v) is 3.70. The monoisotopic (exact) mass is 261 g/mol. The van der Waals surface area contributed by atoms with Gasteiger partial charge in [0, 0.05) is 25.0 Å². The quantitative estimate of drug-likeness (QED) is 0.879. The van der Waals surface area contributed by atoms with Gasteiger partial charge in [0.05, 0.1) is 0 Å². The highest BCUT2D eigenvalue weighted by atomic mass is 16.1. The maximum atomic E-state index is 11.6. The average molecular weight is 261 g/mol. The standard InChI is InChI=1S/C15H23N3O/c1-16-15(19)14-11-13(9-10-17-14)18-12-7-5-3-2-4-6-8-12/h9-12H,2-8H2,1H3,(H,16,19)(H,17,18). The fourth-order valence-corrected chi connectivity index (χ4v) is 2.61. The normalized spacial score (nSPS) is 17.3. The van der Waals surface area contributed by atoms with Gasteiger partial charge in [0.2, 0.25) is 0 Å². The number of nitrogens with zero attached hydrogens (tertiary/aromatic N) is 1. The summed E-state index contributed by atoms with van der Waals surface area (Å²) >= 11 is 0. The molecule has 0 aromatic carbocycles. The highest BCUT2D eigenvalue weighted by Gasteiger charge is 2.12. The Kier molecular flexibility index (Phi) is 5.19. The molecule has 1 aromatic rings. The zero-order chi connectivity index (χ0) is 13.5. The fraction of sp³-hybridized carbons (Fsp3) is 0.600. The molecule has 1 heterocycles. The number of carbonyl (C=O) groups is 1. The van der Waals surface area contributed by atoms with Gasteiger partial charge in [-0.3, -0.25) is 9.78 Å². The highest BCUT2D eigenvalue weighted by Crippen LogP contribution is 2.20. The topological polar surface area (TPSA) is 54.0 Å². The number of carbonyl (C=O) groups excluding carboxylic acids is 1. The van der Waals surface area contributed by atoms with Crippen molar-refractivity contribution >= 4 is 11.6 Å². The van der Waals surface area contributed by atoms with Crippen molar-refractivity contribution in [1.82, 2.24) is 10.3 Å². The van der Waals surface area contributed by atoms with Gasteiger partial charge in [-0.25, -0.2) is 0 Å². The van der Waals surface area contributed by atoms with Gasteiger partial charge in [0.1, 0.15) is 5.69 Å². The predicted octanol–water partition coefficient (Wildman–Crippen LogP) is 2.97. The first-order valence-electron chi connectivity index (χ1n) is 7.24. The van der Waals surface area contributed by atoms with Crippen molar-refractivity contribution in [2.24, 2.45) is 0 Å². The molecule has 1 aliphatic rings. The summed E-state index contributed by atoms with van der Waals surface area (Å²) in [4.78, 5) is 15.6. The van der Waals surface area contributed by atoms with Crippen molar-refractivity contribution in [3.05, 3.63) is 24.0 Å². The number of hydrogen-bond donors (Lipinski definition) is 2. The van der Waals surface area contributed by atoms with Gasteiger partial charge < -0.3 is 10.6 Å². The molecule has 1 aromatic heterocycles. The highest BCUT2D eigenvalue weighted by molar-refractivity contribution is 5.92. The molecule has 0 radical (unpaired) electrons. The molecule has 4 heteroatoms. The Labute approximate surface area is 115 Å². The van der Waals surface area contributed by atoms with Crippen LogP contribution in [0.3, 0.4) is 0 Å². The largest absolute Gasteiger partial charge is 0.382 e.